The summed E-state index contributed by atoms with van der Waals surface area (Å²) < 4.78 is 16.8. The molecule has 65 heavy (non-hydrogen) atoms. The summed E-state index contributed by atoms with van der Waals surface area (Å²) in [7, 11) is 0. The highest BCUT2D eigenvalue weighted by molar-refractivity contribution is 5.71. The Bertz CT molecular complexity index is 1230. The van der Waals surface area contributed by atoms with E-state index in [1.165, 1.54) is 122 Å². The Morgan fingerprint density at radius 1 is 0.308 bits per heavy atom. The van der Waals surface area contributed by atoms with Gasteiger partial charge in [0, 0.05) is 19.3 Å². The van der Waals surface area contributed by atoms with Gasteiger partial charge in [0.25, 0.3) is 0 Å². The maximum Gasteiger partial charge on any atom is 0.306 e. The number of ether oxygens (including phenoxy) is 3. The van der Waals surface area contributed by atoms with Crippen LogP contribution in [0.25, 0.3) is 0 Å². The minimum Gasteiger partial charge on any atom is -0.462 e. The Morgan fingerprint density at radius 3 is 0.892 bits per heavy atom. The van der Waals surface area contributed by atoms with Gasteiger partial charge in [0.05, 0.1) is 0 Å². The van der Waals surface area contributed by atoms with Crippen LogP contribution < -0.4 is 0 Å². The summed E-state index contributed by atoms with van der Waals surface area (Å²) in [5.41, 5.74) is 0. The van der Waals surface area contributed by atoms with Crippen molar-refractivity contribution in [2.75, 3.05) is 13.2 Å². The Balaban J connectivity index is 4.41. The van der Waals surface area contributed by atoms with Crippen molar-refractivity contribution < 1.29 is 28.6 Å². The molecule has 374 valence electrons. The SMILES string of the molecule is CCCCC/C=C\C/C=C\C/C=C\CCCCCCCCC(=O)OC[C@@H](COC(=O)CCCCCCCCCCCCC)OC(=O)CCCCCC/C=C\C/C=C\C/C=C\CCCCC. The second-order valence-corrected chi connectivity index (χ2v) is 18.1. The Kier molecular flexibility index (Phi) is 50.9. The molecule has 0 N–H and O–H groups in total. The fraction of sp³-hybridized carbons (Fsp3) is 0.746. The third-order valence-electron chi connectivity index (χ3n) is 11.7. The molecule has 6 nitrogen and oxygen atoms in total. The molecule has 0 aliphatic heterocycles. The van der Waals surface area contributed by atoms with E-state index < -0.39 is 6.10 Å². The van der Waals surface area contributed by atoms with Gasteiger partial charge >= 0.3 is 17.9 Å². The normalized spacial score (nSPS) is 12.6. The molecular weight excluding hydrogens is 805 g/mol. The smallest absolute Gasteiger partial charge is 0.306 e. The van der Waals surface area contributed by atoms with Crippen molar-refractivity contribution >= 4 is 17.9 Å². The van der Waals surface area contributed by atoms with Crippen LogP contribution in [0.1, 0.15) is 265 Å². The van der Waals surface area contributed by atoms with Crippen LogP contribution in [0, 0.1) is 0 Å². The van der Waals surface area contributed by atoms with Gasteiger partial charge in [-0.15, -0.1) is 0 Å². The Hall–Kier alpha value is -3.15. The number of carbonyl (C=O) groups is 3. The lowest BCUT2D eigenvalue weighted by Crippen LogP contribution is -2.30. The van der Waals surface area contributed by atoms with E-state index in [1.54, 1.807) is 0 Å². The molecule has 0 aromatic carbocycles. The maximum absolute atomic E-state index is 12.8. The predicted octanol–water partition coefficient (Wildman–Crippen LogP) is 18.2. The van der Waals surface area contributed by atoms with Crippen molar-refractivity contribution in [1.82, 2.24) is 0 Å². The number of carbonyl (C=O) groups excluding carboxylic acids is 3. The van der Waals surface area contributed by atoms with Crippen molar-refractivity contribution in [2.45, 2.75) is 271 Å². The molecule has 0 aliphatic rings. The van der Waals surface area contributed by atoms with Crippen LogP contribution in [0.15, 0.2) is 72.9 Å². The lowest BCUT2D eigenvalue weighted by Gasteiger charge is -2.18. The highest BCUT2D eigenvalue weighted by atomic mass is 16.6. The summed E-state index contributed by atoms with van der Waals surface area (Å²) in [6, 6.07) is 0. The van der Waals surface area contributed by atoms with E-state index in [-0.39, 0.29) is 31.1 Å². The molecule has 1 atom stereocenters. The van der Waals surface area contributed by atoms with Gasteiger partial charge < -0.3 is 14.2 Å². The molecular formula is C59H102O6. The first-order valence-electron chi connectivity index (χ1n) is 27.4. The van der Waals surface area contributed by atoms with Gasteiger partial charge in [0.2, 0.25) is 0 Å². The summed E-state index contributed by atoms with van der Waals surface area (Å²) in [5.74, 6) is -0.918. The number of allylic oxidation sites excluding steroid dienone is 12. The van der Waals surface area contributed by atoms with E-state index in [9.17, 15) is 14.4 Å². The molecule has 6 heteroatoms. The third-order valence-corrected chi connectivity index (χ3v) is 11.7. The minimum absolute atomic E-state index is 0.0874. The monoisotopic (exact) mass is 907 g/mol. The predicted molar refractivity (Wildman–Crippen MR) is 279 cm³/mol. The first-order chi connectivity index (χ1) is 32.0. The van der Waals surface area contributed by atoms with Crippen LogP contribution in [0.5, 0.6) is 0 Å². The lowest BCUT2D eigenvalue weighted by atomic mass is 10.1. The zero-order chi connectivity index (χ0) is 47.2. The standard InChI is InChI=1S/C59H102O6/c1-4-7-10-13-16-19-22-24-26-28-29-31-32-34-37-40-43-46-49-52-58(61)64-55-56(54-63-57(60)51-48-45-42-39-36-21-18-15-12-9-6-3)65-59(62)53-50-47-44-41-38-35-33-30-27-25-23-20-17-14-11-8-5-2/h16-17,19-20,24-27,29,31,33,35,56H,4-15,18,21-23,28,30,32,34,36-55H2,1-3H3/b19-16-,20-17-,26-24-,27-25-,31-29-,35-33-/t56-/m1/s1. The fourth-order valence-electron chi connectivity index (χ4n) is 7.51. The van der Waals surface area contributed by atoms with Gasteiger partial charge in [-0.05, 0) is 96.3 Å². The van der Waals surface area contributed by atoms with Crippen LogP contribution in [-0.4, -0.2) is 37.2 Å². The fourth-order valence-corrected chi connectivity index (χ4v) is 7.51. The Labute approximate surface area is 402 Å². The molecule has 0 heterocycles. The molecule has 0 aliphatic carbocycles. The number of hydrogen-bond donors (Lipinski definition) is 0. The van der Waals surface area contributed by atoms with Crippen molar-refractivity contribution in [3.8, 4) is 0 Å². The van der Waals surface area contributed by atoms with E-state index in [4.69, 9.17) is 14.2 Å². The van der Waals surface area contributed by atoms with Crippen molar-refractivity contribution in [3.63, 3.8) is 0 Å². The van der Waals surface area contributed by atoms with Gasteiger partial charge in [0.1, 0.15) is 13.2 Å². The van der Waals surface area contributed by atoms with Gasteiger partial charge in [-0.2, -0.15) is 0 Å². The molecule has 0 rings (SSSR count). The molecule has 0 radical (unpaired) electrons. The average molecular weight is 907 g/mol. The van der Waals surface area contributed by atoms with E-state index >= 15 is 0 Å². The third kappa shape index (κ3) is 51.7. The minimum atomic E-state index is -0.791. The van der Waals surface area contributed by atoms with Crippen LogP contribution in [0.4, 0.5) is 0 Å². The topological polar surface area (TPSA) is 78.9 Å². The Morgan fingerprint density at radius 2 is 0.554 bits per heavy atom. The highest BCUT2D eigenvalue weighted by Gasteiger charge is 2.19. The summed E-state index contributed by atoms with van der Waals surface area (Å²) in [6.07, 6.45) is 67.4. The van der Waals surface area contributed by atoms with Crippen LogP contribution in [0.3, 0.4) is 0 Å². The molecule has 0 spiro atoms. The molecule has 0 aromatic rings. The second-order valence-electron chi connectivity index (χ2n) is 18.1. The first kappa shape index (κ1) is 61.9. The van der Waals surface area contributed by atoms with Crippen LogP contribution in [-0.2, 0) is 28.6 Å². The van der Waals surface area contributed by atoms with Gasteiger partial charge in [-0.25, -0.2) is 0 Å². The number of esters is 3. The highest BCUT2D eigenvalue weighted by Crippen LogP contribution is 2.14. The van der Waals surface area contributed by atoms with Gasteiger partial charge in [0.15, 0.2) is 6.10 Å². The molecule has 0 bridgehead atoms. The van der Waals surface area contributed by atoms with E-state index in [1.807, 2.05) is 0 Å². The number of hydrogen-bond acceptors (Lipinski definition) is 6. The van der Waals surface area contributed by atoms with Gasteiger partial charge in [-0.1, -0.05) is 222 Å². The van der Waals surface area contributed by atoms with E-state index in [2.05, 4.69) is 93.7 Å². The zero-order valence-electron chi connectivity index (χ0n) is 42.7. The molecule has 0 amide bonds. The largest absolute Gasteiger partial charge is 0.462 e. The first-order valence-corrected chi connectivity index (χ1v) is 27.4. The van der Waals surface area contributed by atoms with E-state index in [0.717, 1.165) is 103 Å². The molecule has 0 aromatic heterocycles. The van der Waals surface area contributed by atoms with Crippen molar-refractivity contribution in [3.05, 3.63) is 72.9 Å². The molecule has 0 saturated heterocycles. The van der Waals surface area contributed by atoms with Crippen molar-refractivity contribution in [2.24, 2.45) is 0 Å². The van der Waals surface area contributed by atoms with Crippen LogP contribution in [0.2, 0.25) is 0 Å². The number of unbranched alkanes of at least 4 members (excludes halogenated alkanes) is 26. The summed E-state index contributed by atoms with van der Waals surface area (Å²) in [5, 5.41) is 0. The van der Waals surface area contributed by atoms with Crippen molar-refractivity contribution in [1.29, 1.82) is 0 Å². The number of rotatable bonds is 49. The van der Waals surface area contributed by atoms with Crippen LogP contribution >= 0.6 is 0 Å². The second kappa shape index (κ2) is 53.5. The summed E-state index contributed by atoms with van der Waals surface area (Å²) in [4.78, 5) is 38.0. The summed E-state index contributed by atoms with van der Waals surface area (Å²) in [6.45, 7) is 6.55. The quantitative estimate of drug-likeness (QED) is 0.0262. The van der Waals surface area contributed by atoms with E-state index in [0.29, 0.717) is 19.3 Å². The molecule has 0 fully saturated rings. The zero-order valence-corrected chi connectivity index (χ0v) is 42.7. The van der Waals surface area contributed by atoms with Gasteiger partial charge in [-0.3, -0.25) is 14.4 Å². The average Bonchev–Trinajstić information content (AvgIpc) is 3.30. The maximum atomic E-state index is 12.8. The molecule has 0 unspecified atom stereocenters. The lowest BCUT2D eigenvalue weighted by molar-refractivity contribution is -0.167. The summed E-state index contributed by atoms with van der Waals surface area (Å²) >= 11 is 0. The molecule has 0 saturated carbocycles.